The van der Waals surface area contributed by atoms with Crippen molar-refractivity contribution in [3.05, 3.63) is 0 Å². The molecule has 0 bridgehead atoms. The summed E-state index contributed by atoms with van der Waals surface area (Å²) < 4.78 is 4.73. The Labute approximate surface area is 124 Å². The van der Waals surface area contributed by atoms with Gasteiger partial charge in [0.15, 0.2) is 0 Å². The van der Waals surface area contributed by atoms with Gasteiger partial charge in [-0.05, 0) is 33.6 Å². The maximum absolute atomic E-state index is 12.6. The average molecular weight is 300 g/mol. The molecule has 1 fully saturated rings. The van der Waals surface area contributed by atoms with Gasteiger partial charge in [-0.1, -0.05) is 0 Å². The third-order valence-electron chi connectivity index (χ3n) is 3.56. The third-order valence-corrected chi connectivity index (χ3v) is 3.56. The zero-order chi connectivity index (χ0) is 16.2. The number of carbonyl (C=O) groups is 3. The van der Waals surface area contributed by atoms with Gasteiger partial charge in [-0.25, -0.2) is 4.79 Å². The lowest BCUT2D eigenvalue weighted by Crippen LogP contribution is -2.56. The molecule has 1 aliphatic heterocycles. The highest BCUT2D eigenvalue weighted by molar-refractivity contribution is 5.82. The molecule has 0 aromatic heterocycles. The number of amides is 2. The van der Waals surface area contributed by atoms with Crippen LogP contribution in [0.4, 0.5) is 4.79 Å². The molecule has 1 aliphatic rings. The van der Waals surface area contributed by atoms with E-state index in [4.69, 9.17) is 9.84 Å². The van der Waals surface area contributed by atoms with E-state index in [1.165, 1.54) is 12.0 Å². The SMILES string of the molecule is COC(=O)C1CCCN(C(=O)N(CC(=O)O)C(C)(C)C)C1. The summed E-state index contributed by atoms with van der Waals surface area (Å²) in [6, 6.07) is -0.349. The molecule has 1 N–H and O–H groups in total. The largest absolute Gasteiger partial charge is 0.480 e. The Balaban J connectivity index is 2.83. The second kappa shape index (κ2) is 6.78. The number of ether oxygens (including phenoxy) is 1. The van der Waals surface area contributed by atoms with E-state index in [9.17, 15) is 14.4 Å². The highest BCUT2D eigenvalue weighted by atomic mass is 16.5. The molecule has 21 heavy (non-hydrogen) atoms. The minimum atomic E-state index is -1.06. The van der Waals surface area contributed by atoms with Crippen LogP contribution in [0.3, 0.4) is 0 Å². The molecule has 120 valence electrons. The lowest BCUT2D eigenvalue weighted by atomic mass is 9.98. The molecule has 0 aliphatic carbocycles. The summed E-state index contributed by atoms with van der Waals surface area (Å²) in [5.41, 5.74) is -0.603. The van der Waals surface area contributed by atoms with Crippen molar-refractivity contribution in [2.45, 2.75) is 39.2 Å². The number of hydrogen-bond donors (Lipinski definition) is 1. The summed E-state index contributed by atoms with van der Waals surface area (Å²) in [6.45, 7) is 5.80. The van der Waals surface area contributed by atoms with Crippen LogP contribution in [0.15, 0.2) is 0 Å². The van der Waals surface area contributed by atoms with E-state index in [1.54, 1.807) is 25.7 Å². The number of esters is 1. The summed E-state index contributed by atoms with van der Waals surface area (Å²) in [7, 11) is 1.33. The van der Waals surface area contributed by atoms with E-state index in [-0.39, 0.29) is 31.0 Å². The van der Waals surface area contributed by atoms with Gasteiger partial charge in [0, 0.05) is 18.6 Å². The number of piperidine rings is 1. The van der Waals surface area contributed by atoms with Crippen LogP contribution in [-0.4, -0.2) is 65.2 Å². The topological polar surface area (TPSA) is 87.2 Å². The lowest BCUT2D eigenvalue weighted by Gasteiger charge is -2.40. The Morgan fingerprint density at radius 3 is 2.43 bits per heavy atom. The highest BCUT2D eigenvalue weighted by Gasteiger charge is 2.35. The standard InChI is InChI=1S/C14H24N2O5/c1-14(2,3)16(9-11(17)18)13(20)15-7-5-6-10(8-15)12(19)21-4/h10H,5-9H2,1-4H3,(H,17,18). The van der Waals surface area contributed by atoms with Gasteiger partial charge >= 0.3 is 18.0 Å². The van der Waals surface area contributed by atoms with Crippen LogP contribution in [0.1, 0.15) is 33.6 Å². The lowest BCUT2D eigenvalue weighted by molar-refractivity contribution is -0.147. The van der Waals surface area contributed by atoms with E-state index in [2.05, 4.69) is 0 Å². The number of nitrogens with zero attached hydrogens (tertiary/aromatic N) is 2. The number of urea groups is 1. The summed E-state index contributed by atoms with van der Waals surface area (Å²) in [6.07, 6.45) is 1.39. The molecule has 1 rings (SSSR count). The van der Waals surface area contributed by atoms with Gasteiger partial charge in [-0.15, -0.1) is 0 Å². The molecule has 0 saturated carbocycles. The minimum absolute atomic E-state index is 0.276. The monoisotopic (exact) mass is 300 g/mol. The van der Waals surface area contributed by atoms with Crippen molar-refractivity contribution in [3.8, 4) is 0 Å². The molecular formula is C14H24N2O5. The minimum Gasteiger partial charge on any atom is -0.480 e. The van der Waals surface area contributed by atoms with Crippen molar-refractivity contribution in [2.75, 3.05) is 26.7 Å². The fraction of sp³-hybridized carbons (Fsp3) is 0.786. The number of likely N-dealkylation sites (tertiary alicyclic amines) is 1. The first-order valence-corrected chi connectivity index (χ1v) is 7.03. The second-order valence-electron chi connectivity index (χ2n) is 6.24. The van der Waals surface area contributed by atoms with E-state index in [1.807, 2.05) is 0 Å². The second-order valence-corrected chi connectivity index (χ2v) is 6.24. The van der Waals surface area contributed by atoms with Crippen LogP contribution in [0, 0.1) is 5.92 Å². The number of aliphatic carboxylic acids is 1. The van der Waals surface area contributed by atoms with E-state index in [0.29, 0.717) is 19.4 Å². The van der Waals surface area contributed by atoms with Crippen molar-refractivity contribution < 1.29 is 24.2 Å². The van der Waals surface area contributed by atoms with Crippen molar-refractivity contribution in [1.82, 2.24) is 9.80 Å². The van der Waals surface area contributed by atoms with E-state index < -0.39 is 11.5 Å². The van der Waals surface area contributed by atoms with Gasteiger partial charge in [-0.2, -0.15) is 0 Å². The Morgan fingerprint density at radius 1 is 1.33 bits per heavy atom. The molecule has 7 nitrogen and oxygen atoms in total. The molecule has 0 spiro atoms. The molecule has 0 aromatic rings. The predicted molar refractivity (Wildman–Crippen MR) is 75.8 cm³/mol. The van der Waals surface area contributed by atoms with Crippen LogP contribution in [0.25, 0.3) is 0 Å². The fourth-order valence-corrected chi connectivity index (χ4v) is 2.41. The van der Waals surface area contributed by atoms with Crippen molar-refractivity contribution >= 4 is 18.0 Å². The normalized spacial score (nSPS) is 19.0. The zero-order valence-corrected chi connectivity index (χ0v) is 13.1. The van der Waals surface area contributed by atoms with Gasteiger partial charge < -0.3 is 19.6 Å². The number of carboxylic acids is 1. The Kier molecular flexibility index (Phi) is 5.57. The quantitative estimate of drug-likeness (QED) is 0.791. The van der Waals surface area contributed by atoms with Gasteiger partial charge in [0.05, 0.1) is 13.0 Å². The zero-order valence-electron chi connectivity index (χ0n) is 13.1. The number of hydrogen-bond acceptors (Lipinski definition) is 4. The molecule has 2 amide bonds. The maximum atomic E-state index is 12.6. The summed E-state index contributed by atoms with van der Waals surface area (Å²) >= 11 is 0. The summed E-state index contributed by atoms with van der Waals surface area (Å²) in [5.74, 6) is -1.72. The van der Waals surface area contributed by atoms with Gasteiger partial charge in [0.2, 0.25) is 0 Å². The molecule has 1 saturated heterocycles. The highest BCUT2D eigenvalue weighted by Crippen LogP contribution is 2.22. The Morgan fingerprint density at radius 2 is 1.95 bits per heavy atom. The third kappa shape index (κ3) is 4.61. The Hall–Kier alpha value is -1.79. The molecule has 1 heterocycles. The number of carbonyl (C=O) groups excluding carboxylic acids is 2. The number of methoxy groups -OCH3 is 1. The smallest absolute Gasteiger partial charge is 0.323 e. The maximum Gasteiger partial charge on any atom is 0.323 e. The molecule has 0 aromatic carbocycles. The molecular weight excluding hydrogens is 276 g/mol. The van der Waals surface area contributed by atoms with Crippen molar-refractivity contribution in [3.63, 3.8) is 0 Å². The number of rotatable bonds is 3. The van der Waals surface area contributed by atoms with Crippen LogP contribution in [0.5, 0.6) is 0 Å². The molecule has 1 atom stereocenters. The summed E-state index contributed by atoms with van der Waals surface area (Å²) in [4.78, 5) is 38.0. The van der Waals surface area contributed by atoms with Crippen LogP contribution >= 0.6 is 0 Å². The van der Waals surface area contributed by atoms with Crippen LogP contribution in [-0.2, 0) is 14.3 Å². The van der Waals surface area contributed by atoms with Gasteiger partial charge in [-0.3, -0.25) is 9.59 Å². The van der Waals surface area contributed by atoms with Crippen LogP contribution in [0.2, 0.25) is 0 Å². The van der Waals surface area contributed by atoms with E-state index in [0.717, 1.165) is 0 Å². The molecule has 0 radical (unpaired) electrons. The van der Waals surface area contributed by atoms with Gasteiger partial charge in [0.25, 0.3) is 0 Å². The first-order valence-electron chi connectivity index (χ1n) is 7.03. The van der Waals surface area contributed by atoms with Crippen molar-refractivity contribution in [2.24, 2.45) is 5.92 Å². The van der Waals surface area contributed by atoms with Gasteiger partial charge in [0.1, 0.15) is 6.54 Å². The average Bonchev–Trinajstić information content (AvgIpc) is 2.42. The molecule has 7 heteroatoms. The van der Waals surface area contributed by atoms with E-state index >= 15 is 0 Å². The Bertz CT molecular complexity index is 416. The number of carboxylic acid groups (broad SMARTS) is 1. The van der Waals surface area contributed by atoms with Crippen LogP contribution < -0.4 is 0 Å². The first-order chi connectivity index (χ1) is 9.66. The summed E-state index contributed by atoms with van der Waals surface area (Å²) in [5, 5.41) is 8.99. The predicted octanol–water partition coefficient (Wildman–Crippen LogP) is 1.18. The first kappa shape index (κ1) is 17.3. The van der Waals surface area contributed by atoms with Crippen molar-refractivity contribution in [1.29, 1.82) is 0 Å². The fourth-order valence-electron chi connectivity index (χ4n) is 2.41. The molecule has 1 unspecified atom stereocenters.